The van der Waals surface area contributed by atoms with E-state index in [1.54, 1.807) is 25.5 Å². The zero-order valence-corrected chi connectivity index (χ0v) is 16.9. The summed E-state index contributed by atoms with van der Waals surface area (Å²) >= 11 is 6.02. The number of hydrogen-bond acceptors (Lipinski definition) is 3. The second-order valence-corrected chi connectivity index (χ2v) is 6.91. The summed E-state index contributed by atoms with van der Waals surface area (Å²) in [5.74, 6) is 0.511. The number of carbonyl (C=O) groups excluding carboxylic acids is 1. The molecule has 1 aromatic heterocycles. The van der Waals surface area contributed by atoms with Crippen LogP contribution in [0.25, 0.3) is 27.7 Å². The molecule has 3 aromatic rings. The predicted octanol–water partition coefficient (Wildman–Crippen LogP) is 5.78. The Bertz CT molecular complexity index is 1060. The average Bonchev–Trinajstić information content (AvgIpc) is 3.11. The van der Waals surface area contributed by atoms with Crippen molar-refractivity contribution in [2.75, 3.05) is 13.7 Å². The van der Waals surface area contributed by atoms with E-state index in [0.717, 1.165) is 38.8 Å². The molecule has 0 unspecified atom stereocenters. The van der Waals surface area contributed by atoms with E-state index in [1.165, 1.54) is 0 Å². The largest absolute Gasteiger partial charge is 0.496 e. The van der Waals surface area contributed by atoms with Crippen LogP contribution in [-0.4, -0.2) is 19.6 Å². The second-order valence-electron chi connectivity index (χ2n) is 6.48. The number of allylic oxidation sites excluding steroid dienone is 1. The molecule has 28 heavy (non-hydrogen) atoms. The lowest BCUT2D eigenvalue weighted by molar-refractivity contribution is -0.116. The van der Waals surface area contributed by atoms with Gasteiger partial charge in [-0.2, -0.15) is 0 Å². The molecule has 2 aromatic carbocycles. The minimum atomic E-state index is -0.178. The van der Waals surface area contributed by atoms with Crippen molar-refractivity contribution in [2.45, 2.75) is 13.8 Å². The van der Waals surface area contributed by atoms with Crippen molar-refractivity contribution in [1.29, 1.82) is 0 Å². The van der Waals surface area contributed by atoms with Crippen molar-refractivity contribution in [1.82, 2.24) is 5.32 Å². The highest BCUT2D eigenvalue weighted by Crippen LogP contribution is 2.40. The van der Waals surface area contributed by atoms with Crippen LogP contribution in [0, 0.1) is 6.92 Å². The minimum absolute atomic E-state index is 0.178. The topological polar surface area (TPSA) is 51.5 Å². The maximum atomic E-state index is 12.1. The lowest BCUT2D eigenvalue weighted by Gasteiger charge is -2.13. The summed E-state index contributed by atoms with van der Waals surface area (Å²) in [6, 6.07) is 9.61. The lowest BCUT2D eigenvalue weighted by atomic mass is 9.96. The molecule has 0 spiro atoms. The molecule has 4 nitrogen and oxygen atoms in total. The van der Waals surface area contributed by atoms with E-state index in [0.29, 0.717) is 17.3 Å². The van der Waals surface area contributed by atoms with Crippen molar-refractivity contribution in [3.63, 3.8) is 0 Å². The first-order valence-electron chi connectivity index (χ1n) is 8.88. The van der Waals surface area contributed by atoms with Gasteiger partial charge in [-0.25, -0.2) is 0 Å². The monoisotopic (exact) mass is 395 g/mol. The quantitative estimate of drug-likeness (QED) is 0.425. The van der Waals surface area contributed by atoms with Crippen LogP contribution in [0.3, 0.4) is 0 Å². The zero-order chi connectivity index (χ0) is 20.3. The second kappa shape index (κ2) is 8.36. The van der Waals surface area contributed by atoms with E-state index in [2.05, 4.69) is 11.9 Å². The highest BCUT2D eigenvalue weighted by molar-refractivity contribution is 6.30. The Morgan fingerprint density at radius 2 is 2.04 bits per heavy atom. The van der Waals surface area contributed by atoms with Crippen LogP contribution in [0.4, 0.5) is 0 Å². The number of aryl methyl sites for hydroxylation is 1. The van der Waals surface area contributed by atoms with E-state index in [-0.39, 0.29) is 5.91 Å². The van der Waals surface area contributed by atoms with Gasteiger partial charge in [-0.05, 0) is 43.2 Å². The van der Waals surface area contributed by atoms with Crippen molar-refractivity contribution in [3.05, 3.63) is 71.5 Å². The van der Waals surface area contributed by atoms with Gasteiger partial charge in [0, 0.05) is 39.7 Å². The molecule has 0 atom stereocenters. The first-order chi connectivity index (χ1) is 13.5. The zero-order valence-electron chi connectivity index (χ0n) is 16.1. The standard InChI is InChI=1S/C23H22ClNO3/c1-5-10-25-21(26)11-14(2)18-12-19-20(16-6-8-17(24)9-7-16)13-28-23(19)15(3)22(18)27-4/h5-9,11-13H,1,10H2,2-4H3,(H,25,26)/b14-11+. The number of methoxy groups -OCH3 is 1. The third kappa shape index (κ3) is 3.82. The summed E-state index contributed by atoms with van der Waals surface area (Å²) in [4.78, 5) is 12.1. The Morgan fingerprint density at radius 3 is 2.68 bits per heavy atom. The fourth-order valence-corrected chi connectivity index (χ4v) is 3.35. The third-order valence-corrected chi connectivity index (χ3v) is 4.85. The average molecular weight is 396 g/mol. The van der Waals surface area contributed by atoms with Crippen LogP contribution < -0.4 is 10.1 Å². The van der Waals surface area contributed by atoms with Crippen LogP contribution >= 0.6 is 11.6 Å². The van der Waals surface area contributed by atoms with Crippen LogP contribution in [0.15, 0.2) is 59.7 Å². The van der Waals surface area contributed by atoms with E-state index < -0.39 is 0 Å². The molecule has 1 amide bonds. The number of amides is 1. The highest BCUT2D eigenvalue weighted by atomic mass is 35.5. The van der Waals surface area contributed by atoms with Crippen LogP contribution in [0.1, 0.15) is 18.1 Å². The predicted molar refractivity (Wildman–Crippen MR) is 115 cm³/mol. The summed E-state index contributed by atoms with van der Waals surface area (Å²) in [5.41, 5.74) is 5.25. The fraction of sp³-hybridized carbons (Fsp3) is 0.174. The molecule has 0 aliphatic rings. The summed E-state index contributed by atoms with van der Waals surface area (Å²) in [6.07, 6.45) is 4.94. The third-order valence-electron chi connectivity index (χ3n) is 4.60. The van der Waals surface area contributed by atoms with Crippen molar-refractivity contribution in [3.8, 4) is 16.9 Å². The number of furan rings is 1. The number of benzene rings is 2. The number of halogens is 1. The maximum absolute atomic E-state index is 12.1. The van der Waals surface area contributed by atoms with Crippen molar-refractivity contribution < 1.29 is 13.9 Å². The molecule has 144 valence electrons. The number of ether oxygens (including phenoxy) is 1. The SMILES string of the molecule is C=CCNC(=O)/C=C(\C)c1cc2c(-c3ccc(Cl)cc3)coc2c(C)c1OC. The Kier molecular flexibility index (Phi) is 5.90. The van der Waals surface area contributed by atoms with Gasteiger partial charge in [-0.3, -0.25) is 4.79 Å². The molecule has 1 heterocycles. The Morgan fingerprint density at radius 1 is 1.32 bits per heavy atom. The number of hydrogen-bond donors (Lipinski definition) is 1. The first kappa shape index (κ1) is 19.8. The Balaban J connectivity index is 2.15. The number of nitrogens with one attached hydrogen (secondary N) is 1. The number of fused-ring (bicyclic) bond motifs is 1. The molecule has 5 heteroatoms. The molecule has 0 saturated carbocycles. The van der Waals surface area contributed by atoms with E-state index in [4.69, 9.17) is 20.8 Å². The number of rotatable bonds is 6. The minimum Gasteiger partial charge on any atom is -0.496 e. The Labute approximate surface area is 169 Å². The van der Waals surface area contributed by atoms with Crippen LogP contribution in [-0.2, 0) is 4.79 Å². The van der Waals surface area contributed by atoms with Gasteiger partial charge in [0.2, 0.25) is 5.91 Å². The van der Waals surface area contributed by atoms with Crippen molar-refractivity contribution >= 4 is 34.1 Å². The van der Waals surface area contributed by atoms with Gasteiger partial charge in [-0.1, -0.05) is 29.8 Å². The van der Waals surface area contributed by atoms with Gasteiger partial charge in [0.05, 0.1) is 13.4 Å². The maximum Gasteiger partial charge on any atom is 0.244 e. The summed E-state index contributed by atoms with van der Waals surface area (Å²) in [7, 11) is 1.62. The first-order valence-corrected chi connectivity index (χ1v) is 9.26. The number of carbonyl (C=O) groups is 1. The lowest BCUT2D eigenvalue weighted by Crippen LogP contribution is -2.20. The molecule has 3 rings (SSSR count). The normalized spacial score (nSPS) is 11.5. The summed E-state index contributed by atoms with van der Waals surface area (Å²) in [6.45, 7) is 7.86. The molecule has 0 radical (unpaired) electrons. The van der Waals surface area contributed by atoms with E-state index in [9.17, 15) is 4.79 Å². The van der Waals surface area contributed by atoms with Gasteiger partial charge < -0.3 is 14.5 Å². The van der Waals surface area contributed by atoms with Crippen LogP contribution in [0.5, 0.6) is 5.75 Å². The van der Waals surface area contributed by atoms with E-state index in [1.807, 2.05) is 44.2 Å². The molecule has 0 saturated heterocycles. The molecular formula is C23H22ClNO3. The highest BCUT2D eigenvalue weighted by Gasteiger charge is 2.18. The van der Waals surface area contributed by atoms with Gasteiger partial charge in [0.25, 0.3) is 0 Å². The molecule has 1 N–H and O–H groups in total. The van der Waals surface area contributed by atoms with E-state index >= 15 is 0 Å². The van der Waals surface area contributed by atoms with Gasteiger partial charge >= 0.3 is 0 Å². The van der Waals surface area contributed by atoms with Gasteiger partial charge in [0.15, 0.2) is 0 Å². The molecule has 0 bridgehead atoms. The molecule has 0 fully saturated rings. The van der Waals surface area contributed by atoms with Gasteiger partial charge in [0.1, 0.15) is 11.3 Å². The van der Waals surface area contributed by atoms with Crippen molar-refractivity contribution in [2.24, 2.45) is 0 Å². The molecule has 0 aliphatic heterocycles. The smallest absolute Gasteiger partial charge is 0.244 e. The fourth-order valence-electron chi connectivity index (χ4n) is 3.22. The van der Waals surface area contributed by atoms with Gasteiger partial charge in [-0.15, -0.1) is 6.58 Å². The molecule has 0 aliphatic carbocycles. The summed E-state index contributed by atoms with van der Waals surface area (Å²) < 4.78 is 11.5. The molecular weight excluding hydrogens is 374 g/mol. The van der Waals surface area contributed by atoms with Crippen LogP contribution in [0.2, 0.25) is 5.02 Å². The Hall–Kier alpha value is -2.98. The summed E-state index contributed by atoms with van der Waals surface area (Å²) in [5, 5.41) is 4.39.